The molecule has 0 atom stereocenters. The number of likely N-dealkylation sites (N-methyl/N-ethyl adjacent to an activating group) is 1. The fraction of sp³-hybridized carbons (Fsp3) is 0.400. The predicted molar refractivity (Wildman–Crippen MR) is 121 cm³/mol. The van der Waals surface area contributed by atoms with Crippen molar-refractivity contribution in [3.8, 4) is 0 Å². The number of anilines is 1. The minimum Gasteiger partial charge on any atom is -0.395 e. The number of hydrogen-bond donors (Lipinski definition) is 0. The summed E-state index contributed by atoms with van der Waals surface area (Å²) >= 11 is 1.44. The number of carbonyl (C=O) groups excluding carboxylic acids is 1. The molecule has 0 aliphatic rings. The highest BCUT2D eigenvalue weighted by Gasteiger charge is 2.26. The third-order valence-corrected chi connectivity index (χ3v) is 5.88. The van der Waals surface area contributed by atoms with Crippen LogP contribution in [0.1, 0.15) is 36.9 Å². The Balaban J connectivity index is 0.00000320. The van der Waals surface area contributed by atoms with Crippen LogP contribution in [-0.2, 0) is 6.42 Å². The first-order chi connectivity index (χ1) is 14.0. The van der Waals surface area contributed by atoms with Gasteiger partial charge in [-0.05, 0) is 43.3 Å². The molecule has 162 valence electrons. The molecule has 0 aliphatic heterocycles. The topological polar surface area (TPSA) is 92.7 Å². The largest absolute Gasteiger partial charge is 0.433 e. The average molecular weight is 453 g/mol. The molecule has 8 nitrogen and oxygen atoms in total. The average Bonchev–Trinajstić information content (AvgIpc) is 3.37. The van der Waals surface area contributed by atoms with Gasteiger partial charge in [0.25, 0.3) is 5.91 Å². The van der Waals surface area contributed by atoms with Crippen LogP contribution in [0.2, 0.25) is 0 Å². The molecule has 0 spiro atoms. The van der Waals surface area contributed by atoms with Crippen molar-refractivity contribution in [2.24, 2.45) is 0 Å². The first-order valence-electron chi connectivity index (χ1n) is 9.64. The molecule has 30 heavy (non-hydrogen) atoms. The van der Waals surface area contributed by atoms with Gasteiger partial charge in [0.2, 0.25) is 0 Å². The Kier molecular flexibility index (Phi) is 8.33. The summed E-state index contributed by atoms with van der Waals surface area (Å²) in [6.45, 7) is 9.03. The number of thiazole rings is 1. The van der Waals surface area contributed by atoms with E-state index < -0.39 is 16.7 Å². The minimum absolute atomic E-state index is 0. The van der Waals surface area contributed by atoms with E-state index in [1.807, 2.05) is 12.1 Å². The fourth-order valence-electron chi connectivity index (χ4n) is 3.03. The number of benzene rings is 1. The van der Waals surface area contributed by atoms with E-state index in [0.29, 0.717) is 18.2 Å². The number of furan rings is 1. The smallest absolute Gasteiger partial charge is 0.395 e. The van der Waals surface area contributed by atoms with Crippen LogP contribution < -0.4 is 4.90 Å². The molecule has 0 saturated heterocycles. The van der Waals surface area contributed by atoms with Crippen molar-refractivity contribution in [1.29, 1.82) is 0 Å². The molecule has 1 aromatic carbocycles. The molecule has 10 heteroatoms. The summed E-state index contributed by atoms with van der Waals surface area (Å²) < 4.78 is 6.16. The van der Waals surface area contributed by atoms with E-state index in [4.69, 9.17) is 4.42 Å². The Hall–Kier alpha value is -2.49. The number of rotatable bonds is 9. The number of nitro groups is 1. The lowest BCUT2D eigenvalue weighted by Gasteiger charge is -2.23. The molecule has 0 bridgehead atoms. The lowest BCUT2D eigenvalue weighted by Crippen LogP contribution is -2.38. The summed E-state index contributed by atoms with van der Waals surface area (Å²) in [7, 11) is 0. The number of aromatic nitrogens is 1. The summed E-state index contributed by atoms with van der Waals surface area (Å²) in [4.78, 5) is 31.8. The molecule has 3 rings (SSSR count). The summed E-state index contributed by atoms with van der Waals surface area (Å²) in [5, 5.41) is 11.5. The predicted octanol–water partition coefficient (Wildman–Crippen LogP) is 4.77. The van der Waals surface area contributed by atoms with Crippen LogP contribution >= 0.6 is 23.7 Å². The Labute approximate surface area is 185 Å². The first-order valence-corrected chi connectivity index (χ1v) is 10.5. The molecule has 0 unspecified atom stereocenters. The van der Waals surface area contributed by atoms with Crippen molar-refractivity contribution in [2.75, 3.05) is 31.1 Å². The van der Waals surface area contributed by atoms with Gasteiger partial charge in [0.05, 0.1) is 16.3 Å². The number of aryl methyl sites for hydroxylation is 1. The molecule has 0 N–H and O–H groups in total. The lowest BCUT2D eigenvalue weighted by atomic mass is 10.2. The zero-order chi connectivity index (χ0) is 21.0. The maximum absolute atomic E-state index is 13.1. The van der Waals surface area contributed by atoms with Crippen LogP contribution in [0, 0.1) is 10.1 Å². The molecule has 0 fully saturated rings. The second-order valence-electron chi connectivity index (χ2n) is 6.53. The van der Waals surface area contributed by atoms with Gasteiger partial charge < -0.3 is 9.32 Å². The van der Waals surface area contributed by atoms with E-state index in [2.05, 4.69) is 36.7 Å². The van der Waals surface area contributed by atoms with E-state index in [1.165, 1.54) is 29.0 Å². The number of fused-ring (bicyclic) bond motifs is 1. The van der Waals surface area contributed by atoms with Gasteiger partial charge in [-0.1, -0.05) is 38.2 Å². The maximum atomic E-state index is 13.1. The summed E-state index contributed by atoms with van der Waals surface area (Å²) in [5.74, 6) is -0.946. The molecule has 2 aromatic heterocycles. The molecule has 1 amide bonds. The second-order valence-corrected chi connectivity index (χ2v) is 7.54. The molecular formula is C20H25ClN4O4S. The second kappa shape index (κ2) is 10.5. The number of nitrogens with zero attached hydrogens (tertiary/aromatic N) is 4. The summed E-state index contributed by atoms with van der Waals surface area (Å²) in [6, 6.07) is 8.61. The minimum atomic E-state index is -0.652. The standard InChI is InChI=1S/C20H24N4O4S.ClH/c1-4-14-7-8-15-17(13-14)29-20(21-15)23(12-11-22(5-2)6-3)19(25)16-9-10-18(28-16)24(26)27;/h7-10,13H,4-6,11-12H2,1-3H3;1H. The summed E-state index contributed by atoms with van der Waals surface area (Å²) in [6.07, 6.45) is 0.920. The highest BCUT2D eigenvalue weighted by Crippen LogP contribution is 2.31. The van der Waals surface area contributed by atoms with Gasteiger partial charge in [-0.3, -0.25) is 19.8 Å². The Bertz CT molecular complexity index is 1020. The van der Waals surface area contributed by atoms with Gasteiger partial charge in [0, 0.05) is 13.1 Å². The number of amides is 1. The van der Waals surface area contributed by atoms with Gasteiger partial charge in [0.15, 0.2) is 10.9 Å². The van der Waals surface area contributed by atoms with E-state index in [0.717, 1.165) is 29.7 Å². The quantitative estimate of drug-likeness (QED) is 0.343. The van der Waals surface area contributed by atoms with Crippen molar-refractivity contribution < 1.29 is 14.1 Å². The van der Waals surface area contributed by atoms with Crippen molar-refractivity contribution in [2.45, 2.75) is 27.2 Å². The lowest BCUT2D eigenvalue weighted by molar-refractivity contribution is -0.402. The van der Waals surface area contributed by atoms with Crippen molar-refractivity contribution >= 4 is 50.9 Å². The van der Waals surface area contributed by atoms with Crippen LogP contribution in [0.5, 0.6) is 0 Å². The Morgan fingerprint density at radius 3 is 2.50 bits per heavy atom. The number of hydrogen-bond acceptors (Lipinski definition) is 7. The highest BCUT2D eigenvalue weighted by molar-refractivity contribution is 7.22. The van der Waals surface area contributed by atoms with Gasteiger partial charge in [-0.25, -0.2) is 4.98 Å². The van der Waals surface area contributed by atoms with Gasteiger partial charge in [0.1, 0.15) is 4.92 Å². The molecule has 0 aliphatic carbocycles. The monoisotopic (exact) mass is 452 g/mol. The van der Waals surface area contributed by atoms with Gasteiger partial charge in [-0.2, -0.15) is 0 Å². The van der Waals surface area contributed by atoms with Crippen LogP contribution in [0.3, 0.4) is 0 Å². The maximum Gasteiger partial charge on any atom is 0.433 e. The third kappa shape index (κ3) is 5.16. The van der Waals surface area contributed by atoms with Crippen molar-refractivity contribution in [1.82, 2.24) is 9.88 Å². The molecular weight excluding hydrogens is 428 g/mol. The zero-order valence-electron chi connectivity index (χ0n) is 17.2. The number of carbonyl (C=O) groups is 1. The van der Waals surface area contributed by atoms with Crippen LogP contribution in [0.4, 0.5) is 11.0 Å². The van der Waals surface area contributed by atoms with Crippen molar-refractivity contribution in [3.63, 3.8) is 0 Å². The highest BCUT2D eigenvalue weighted by atomic mass is 35.5. The normalized spacial score (nSPS) is 10.9. The Morgan fingerprint density at radius 2 is 1.90 bits per heavy atom. The molecule has 2 heterocycles. The van der Waals surface area contributed by atoms with E-state index in [-0.39, 0.29) is 18.2 Å². The number of halogens is 1. The fourth-order valence-corrected chi connectivity index (χ4v) is 4.08. The molecule has 3 aromatic rings. The van der Waals surface area contributed by atoms with Crippen LogP contribution in [-0.4, -0.2) is 46.9 Å². The van der Waals surface area contributed by atoms with Crippen molar-refractivity contribution in [3.05, 3.63) is 51.8 Å². The van der Waals surface area contributed by atoms with Gasteiger partial charge >= 0.3 is 5.88 Å². The molecule has 0 saturated carbocycles. The van der Waals surface area contributed by atoms with E-state index in [1.54, 1.807) is 4.90 Å². The first kappa shape index (κ1) is 23.8. The van der Waals surface area contributed by atoms with E-state index in [9.17, 15) is 14.9 Å². The zero-order valence-corrected chi connectivity index (χ0v) is 18.8. The SMILES string of the molecule is CCc1ccc2nc(N(CCN(CC)CC)C(=O)c3ccc([N+](=O)[O-])o3)sc2c1.Cl. The van der Waals surface area contributed by atoms with Crippen LogP contribution in [0.15, 0.2) is 34.7 Å². The Morgan fingerprint density at radius 1 is 1.17 bits per heavy atom. The molecule has 0 radical (unpaired) electrons. The van der Waals surface area contributed by atoms with Crippen LogP contribution in [0.25, 0.3) is 10.2 Å². The summed E-state index contributed by atoms with van der Waals surface area (Å²) in [5.41, 5.74) is 2.03. The van der Waals surface area contributed by atoms with Gasteiger partial charge in [-0.15, -0.1) is 12.4 Å². The van der Waals surface area contributed by atoms with E-state index >= 15 is 0 Å². The third-order valence-electron chi connectivity index (χ3n) is 4.84.